The summed E-state index contributed by atoms with van der Waals surface area (Å²) in [5, 5.41) is 9.20. The Morgan fingerprint density at radius 1 is 1.20 bits per heavy atom. The minimum atomic E-state index is -1.08. The number of nitriles is 1. The van der Waals surface area contributed by atoms with E-state index in [1.807, 2.05) is 6.07 Å². The molecule has 0 unspecified atom stereocenters. The van der Waals surface area contributed by atoms with Gasteiger partial charge in [-0.05, 0) is 37.1 Å². The van der Waals surface area contributed by atoms with Crippen molar-refractivity contribution >= 4 is 0 Å². The van der Waals surface area contributed by atoms with Gasteiger partial charge in [-0.15, -0.1) is 0 Å². The Bertz CT molecular complexity index is 854. The van der Waals surface area contributed by atoms with E-state index < -0.39 is 17.2 Å². The fraction of sp³-hybridized carbons (Fsp3) is 0.368. The Kier molecular flexibility index (Phi) is 6.29. The lowest BCUT2D eigenvalue weighted by molar-refractivity contribution is 0.285. The van der Waals surface area contributed by atoms with Crippen molar-refractivity contribution in [1.29, 1.82) is 5.26 Å². The van der Waals surface area contributed by atoms with E-state index in [1.54, 1.807) is 13.0 Å². The fourth-order valence-corrected chi connectivity index (χ4v) is 2.56. The van der Waals surface area contributed by atoms with Crippen molar-refractivity contribution in [2.75, 3.05) is 6.61 Å². The number of pyridine rings is 1. The highest BCUT2D eigenvalue weighted by Gasteiger charge is 2.17. The number of benzene rings is 1. The van der Waals surface area contributed by atoms with E-state index in [9.17, 15) is 18.8 Å². The average molecular weight is 346 g/mol. The third-order valence-electron chi connectivity index (χ3n) is 3.84. The smallest absolute Gasteiger partial charge is 0.266 e. The zero-order valence-corrected chi connectivity index (χ0v) is 14.3. The number of hydrogen-bond acceptors (Lipinski definition) is 3. The van der Waals surface area contributed by atoms with Gasteiger partial charge in [-0.3, -0.25) is 4.79 Å². The molecule has 0 aliphatic heterocycles. The van der Waals surface area contributed by atoms with Crippen LogP contribution in [0.2, 0.25) is 0 Å². The van der Waals surface area contributed by atoms with Gasteiger partial charge in [0, 0.05) is 11.3 Å². The van der Waals surface area contributed by atoms with Gasteiger partial charge in [-0.25, -0.2) is 4.39 Å². The van der Waals surface area contributed by atoms with E-state index in [4.69, 9.17) is 4.74 Å². The van der Waals surface area contributed by atoms with Gasteiger partial charge in [-0.1, -0.05) is 26.2 Å². The monoisotopic (exact) mass is 346 g/mol. The second-order valence-electron chi connectivity index (χ2n) is 5.86. The quantitative estimate of drug-likeness (QED) is 0.753. The minimum Gasteiger partial charge on any atom is -0.490 e. The van der Waals surface area contributed by atoms with Gasteiger partial charge in [0.05, 0.1) is 6.61 Å². The molecule has 0 saturated heterocycles. The molecular weight excluding hydrogens is 326 g/mol. The van der Waals surface area contributed by atoms with Crippen molar-refractivity contribution in [3.63, 3.8) is 0 Å². The molecule has 0 spiro atoms. The molecule has 0 radical (unpaired) electrons. The van der Waals surface area contributed by atoms with E-state index in [-0.39, 0.29) is 29.0 Å². The molecule has 0 atom stereocenters. The van der Waals surface area contributed by atoms with Gasteiger partial charge in [0.25, 0.3) is 5.56 Å². The number of aryl methyl sites for hydroxylation is 1. The number of unbranched alkanes of at least 4 members (excludes halogenated alkanes) is 3. The molecule has 0 aliphatic rings. The highest BCUT2D eigenvalue weighted by molar-refractivity contribution is 5.71. The normalized spacial score (nSPS) is 10.5. The van der Waals surface area contributed by atoms with Crippen LogP contribution in [0.1, 0.15) is 43.9 Å². The van der Waals surface area contributed by atoms with Crippen LogP contribution in [0.25, 0.3) is 11.1 Å². The second-order valence-corrected chi connectivity index (χ2v) is 5.86. The number of rotatable bonds is 7. The van der Waals surface area contributed by atoms with Crippen LogP contribution in [-0.2, 0) is 0 Å². The van der Waals surface area contributed by atoms with Crippen molar-refractivity contribution in [3.05, 3.63) is 51.4 Å². The van der Waals surface area contributed by atoms with Crippen LogP contribution >= 0.6 is 0 Å². The summed E-state index contributed by atoms with van der Waals surface area (Å²) in [5.74, 6) is -2.37. The van der Waals surface area contributed by atoms with Crippen LogP contribution in [0.4, 0.5) is 8.78 Å². The Morgan fingerprint density at radius 3 is 2.64 bits per heavy atom. The van der Waals surface area contributed by atoms with E-state index in [2.05, 4.69) is 11.9 Å². The molecule has 0 saturated carbocycles. The van der Waals surface area contributed by atoms with E-state index >= 15 is 0 Å². The largest absolute Gasteiger partial charge is 0.490 e. The van der Waals surface area contributed by atoms with Gasteiger partial charge in [0.2, 0.25) is 5.82 Å². The zero-order valence-electron chi connectivity index (χ0n) is 14.3. The molecule has 1 aromatic carbocycles. The summed E-state index contributed by atoms with van der Waals surface area (Å²) in [6.45, 7) is 4.01. The van der Waals surface area contributed by atoms with E-state index in [0.29, 0.717) is 5.69 Å². The van der Waals surface area contributed by atoms with Crippen molar-refractivity contribution < 1.29 is 13.5 Å². The first kappa shape index (κ1) is 18.7. The average Bonchev–Trinajstić information content (AvgIpc) is 2.57. The first-order valence-electron chi connectivity index (χ1n) is 8.24. The summed E-state index contributed by atoms with van der Waals surface area (Å²) < 4.78 is 33.3. The van der Waals surface area contributed by atoms with Crippen molar-refractivity contribution in [3.8, 4) is 22.9 Å². The predicted molar refractivity (Wildman–Crippen MR) is 91.5 cm³/mol. The number of H-pyrrole nitrogens is 1. The van der Waals surface area contributed by atoms with Gasteiger partial charge in [0.15, 0.2) is 11.6 Å². The molecule has 0 aliphatic carbocycles. The minimum absolute atomic E-state index is 0.148. The lowest BCUT2D eigenvalue weighted by atomic mass is 10.0. The predicted octanol–water partition coefficient (Wildman–Crippen LogP) is 4.46. The maximum Gasteiger partial charge on any atom is 0.266 e. The number of halogens is 2. The molecule has 1 N–H and O–H groups in total. The molecule has 0 bridgehead atoms. The Morgan fingerprint density at radius 2 is 1.96 bits per heavy atom. The number of ether oxygens (including phenoxy) is 1. The highest BCUT2D eigenvalue weighted by atomic mass is 19.2. The lowest BCUT2D eigenvalue weighted by Gasteiger charge is -2.11. The number of nitrogens with zero attached hydrogens (tertiary/aromatic N) is 1. The summed E-state index contributed by atoms with van der Waals surface area (Å²) in [6, 6.07) is 5.66. The van der Waals surface area contributed by atoms with Crippen LogP contribution in [0.5, 0.6) is 5.75 Å². The SMILES string of the molecule is CCCCCCOc1cc(-c2cc(C)[nH]c(=O)c2C#N)cc(F)c1F. The van der Waals surface area contributed by atoms with Crippen LogP contribution in [0.3, 0.4) is 0 Å². The number of hydrogen-bond donors (Lipinski definition) is 1. The van der Waals surface area contributed by atoms with Crippen molar-refractivity contribution in [2.24, 2.45) is 0 Å². The summed E-state index contributed by atoms with van der Waals surface area (Å²) in [5.41, 5.74) is 0.284. The van der Waals surface area contributed by atoms with Crippen LogP contribution in [-0.4, -0.2) is 11.6 Å². The molecule has 1 heterocycles. The van der Waals surface area contributed by atoms with Gasteiger partial charge in [-0.2, -0.15) is 9.65 Å². The first-order chi connectivity index (χ1) is 12.0. The zero-order chi connectivity index (χ0) is 18.4. The highest BCUT2D eigenvalue weighted by Crippen LogP contribution is 2.30. The van der Waals surface area contributed by atoms with Gasteiger partial charge < -0.3 is 9.72 Å². The van der Waals surface area contributed by atoms with E-state index in [1.165, 1.54) is 6.07 Å². The van der Waals surface area contributed by atoms with E-state index in [0.717, 1.165) is 31.7 Å². The number of aromatic amines is 1. The molecule has 0 fully saturated rings. The Labute approximate surface area is 145 Å². The Hall–Kier alpha value is -2.68. The molecule has 2 rings (SSSR count). The van der Waals surface area contributed by atoms with Crippen LogP contribution in [0, 0.1) is 29.9 Å². The fourth-order valence-electron chi connectivity index (χ4n) is 2.56. The third-order valence-corrected chi connectivity index (χ3v) is 3.84. The Balaban J connectivity index is 2.38. The lowest BCUT2D eigenvalue weighted by Crippen LogP contribution is -2.13. The standard InChI is InChI=1S/C19H20F2N2O2/c1-3-4-5-6-7-25-17-10-13(9-16(20)18(17)21)14-8-12(2)23-19(24)15(14)11-22/h8-10H,3-7H2,1-2H3,(H,23,24). The van der Waals surface area contributed by atoms with Gasteiger partial charge >= 0.3 is 0 Å². The van der Waals surface area contributed by atoms with Gasteiger partial charge in [0.1, 0.15) is 11.6 Å². The summed E-state index contributed by atoms with van der Waals surface area (Å²) in [7, 11) is 0. The maximum absolute atomic E-state index is 14.0. The topological polar surface area (TPSA) is 65.9 Å². The first-order valence-corrected chi connectivity index (χ1v) is 8.24. The number of aromatic nitrogens is 1. The summed E-state index contributed by atoms with van der Waals surface area (Å²) in [4.78, 5) is 14.4. The molecule has 2 aromatic rings. The molecule has 4 nitrogen and oxygen atoms in total. The molecule has 6 heteroatoms. The third kappa shape index (κ3) is 4.44. The van der Waals surface area contributed by atoms with Crippen LogP contribution < -0.4 is 10.3 Å². The molecule has 132 valence electrons. The molecular formula is C19H20F2N2O2. The second kappa shape index (κ2) is 8.43. The van der Waals surface area contributed by atoms with Crippen molar-refractivity contribution in [2.45, 2.75) is 39.5 Å². The molecule has 1 aromatic heterocycles. The summed E-state index contributed by atoms with van der Waals surface area (Å²) in [6.07, 6.45) is 3.81. The molecule has 25 heavy (non-hydrogen) atoms. The summed E-state index contributed by atoms with van der Waals surface area (Å²) >= 11 is 0. The maximum atomic E-state index is 14.0. The number of nitrogens with one attached hydrogen (secondary N) is 1. The van der Waals surface area contributed by atoms with Crippen LogP contribution in [0.15, 0.2) is 23.0 Å². The van der Waals surface area contributed by atoms with Crippen molar-refractivity contribution in [1.82, 2.24) is 4.98 Å². The molecule has 0 amide bonds.